The summed E-state index contributed by atoms with van der Waals surface area (Å²) in [4.78, 5) is 11.9. The molecule has 21 heavy (non-hydrogen) atoms. The van der Waals surface area contributed by atoms with E-state index in [1.165, 1.54) is 18.2 Å². The van der Waals surface area contributed by atoms with Gasteiger partial charge in [0.1, 0.15) is 6.10 Å². The molecule has 0 saturated heterocycles. The van der Waals surface area contributed by atoms with Crippen molar-refractivity contribution < 1.29 is 22.7 Å². The third kappa shape index (κ3) is 5.59. The number of ether oxygens (including phenoxy) is 1. The van der Waals surface area contributed by atoms with Crippen LogP contribution in [0.25, 0.3) is 0 Å². The Morgan fingerprint density at radius 3 is 2.71 bits per heavy atom. The monoisotopic (exact) mass is 319 g/mol. The van der Waals surface area contributed by atoms with Crippen LogP contribution in [-0.2, 0) is 9.53 Å². The lowest BCUT2D eigenvalue weighted by Crippen LogP contribution is -2.28. The third-order valence-electron chi connectivity index (χ3n) is 3.02. The quantitative estimate of drug-likeness (QED) is 0.804. The number of anilines is 1. The number of thioether (sulfide) groups is 1. The molecule has 1 aromatic rings. The van der Waals surface area contributed by atoms with Crippen molar-refractivity contribution in [1.82, 2.24) is 0 Å². The van der Waals surface area contributed by atoms with Crippen molar-refractivity contribution in [3.8, 4) is 0 Å². The van der Waals surface area contributed by atoms with Crippen LogP contribution < -0.4 is 5.32 Å². The molecule has 1 amide bonds. The standard InChI is InChI=1S/C14H16F3NO2S/c1-9(20-8-10-6-7-10)13(19)18-11-4-2-3-5-12(11)21-14(15,16)17/h2-5,9-10H,6-8H2,1H3,(H,18,19). The lowest BCUT2D eigenvalue weighted by molar-refractivity contribution is -0.126. The zero-order valence-electron chi connectivity index (χ0n) is 11.4. The number of carbonyl (C=O) groups is 1. The molecule has 1 fully saturated rings. The summed E-state index contributed by atoms with van der Waals surface area (Å²) in [5.74, 6) is 0.0826. The van der Waals surface area contributed by atoms with Gasteiger partial charge in [-0.25, -0.2) is 0 Å². The Balaban J connectivity index is 1.95. The Bertz CT molecular complexity index is 503. The van der Waals surface area contributed by atoms with Gasteiger partial charge >= 0.3 is 5.51 Å². The summed E-state index contributed by atoms with van der Waals surface area (Å²) in [5, 5.41) is 2.49. The fourth-order valence-electron chi connectivity index (χ4n) is 1.66. The molecule has 1 aliphatic rings. The Labute approximate surface area is 125 Å². The number of rotatable bonds is 6. The predicted octanol–water partition coefficient (Wildman–Crippen LogP) is 4.05. The molecule has 1 aromatic carbocycles. The van der Waals surface area contributed by atoms with Crippen molar-refractivity contribution in [2.24, 2.45) is 5.92 Å². The average Bonchev–Trinajstić information content (AvgIpc) is 3.20. The molecule has 1 atom stereocenters. The van der Waals surface area contributed by atoms with E-state index in [0.29, 0.717) is 12.5 Å². The van der Waals surface area contributed by atoms with Crippen LogP contribution in [0.5, 0.6) is 0 Å². The molecule has 1 N–H and O–H groups in total. The van der Waals surface area contributed by atoms with Crippen molar-refractivity contribution in [3.63, 3.8) is 0 Å². The minimum absolute atomic E-state index is 0.0345. The molecular formula is C14H16F3NO2S. The summed E-state index contributed by atoms with van der Waals surface area (Å²) in [5.41, 5.74) is -4.25. The van der Waals surface area contributed by atoms with E-state index in [9.17, 15) is 18.0 Å². The van der Waals surface area contributed by atoms with E-state index in [1.807, 2.05) is 0 Å². The highest BCUT2D eigenvalue weighted by Gasteiger charge is 2.31. The summed E-state index contributed by atoms with van der Waals surface area (Å²) in [6, 6.07) is 5.84. The normalized spacial score (nSPS) is 16.6. The number of nitrogens with one attached hydrogen (secondary N) is 1. The number of amides is 1. The number of alkyl halides is 3. The van der Waals surface area contributed by atoms with Gasteiger partial charge in [-0.2, -0.15) is 13.2 Å². The van der Waals surface area contributed by atoms with Crippen LogP contribution in [0, 0.1) is 5.92 Å². The van der Waals surface area contributed by atoms with Crippen molar-refractivity contribution in [1.29, 1.82) is 0 Å². The van der Waals surface area contributed by atoms with Crippen LogP contribution in [-0.4, -0.2) is 24.1 Å². The Morgan fingerprint density at radius 1 is 1.43 bits per heavy atom. The van der Waals surface area contributed by atoms with Crippen LogP contribution in [0.2, 0.25) is 0 Å². The Hall–Kier alpha value is -1.21. The summed E-state index contributed by atoms with van der Waals surface area (Å²) >= 11 is -0.246. The van der Waals surface area contributed by atoms with Crippen LogP contribution in [0.4, 0.5) is 18.9 Å². The van der Waals surface area contributed by atoms with Gasteiger partial charge in [-0.05, 0) is 49.6 Å². The fraction of sp³-hybridized carbons (Fsp3) is 0.500. The smallest absolute Gasteiger partial charge is 0.368 e. The zero-order chi connectivity index (χ0) is 15.5. The summed E-state index contributed by atoms with van der Waals surface area (Å²) in [7, 11) is 0. The molecule has 2 rings (SSSR count). The maximum atomic E-state index is 12.5. The molecule has 0 aliphatic heterocycles. The van der Waals surface area contributed by atoms with Gasteiger partial charge in [0.15, 0.2) is 0 Å². The van der Waals surface area contributed by atoms with Gasteiger partial charge in [0.2, 0.25) is 0 Å². The second-order valence-electron chi connectivity index (χ2n) is 4.95. The van der Waals surface area contributed by atoms with E-state index >= 15 is 0 Å². The van der Waals surface area contributed by atoms with Gasteiger partial charge < -0.3 is 10.1 Å². The number of para-hydroxylation sites is 1. The summed E-state index contributed by atoms with van der Waals surface area (Å²) in [6.07, 6.45) is 1.54. The second kappa shape index (κ2) is 6.70. The van der Waals surface area contributed by atoms with Crippen LogP contribution in [0.3, 0.4) is 0 Å². The summed E-state index contributed by atoms with van der Waals surface area (Å²) in [6.45, 7) is 2.12. The summed E-state index contributed by atoms with van der Waals surface area (Å²) < 4.78 is 42.8. The molecule has 0 spiro atoms. The lowest BCUT2D eigenvalue weighted by atomic mass is 10.3. The number of hydrogen-bond acceptors (Lipinski definition) is 3. The first-order valence-electron chi connectivity index (χ1n) is 6.62. The minimum Gasteiger partial charge on any atom is -0.368 e. The highest BCUT2D eigenvalue weighted by molar-refractivity contribution is 8.00. The maximum absolute atomic E-state index is 12.5. The molecule has 0 radical (unpaired) electrons. The first-order valence-corrected chi connectivity index (χ1v) is 7.44. The van der Waals surface area contributed by atoms with Gasteiger partial charge in [-0.15, -0.1) is 0 Å². The lowest BCUT2D eigenvalue weighted by Gasteiger charge is -2.15. The fourth-order valence-corrected chi connectivity index (χ4v) is 2.28. The molecule has 7 heteroatoms. The average molecular weight is 319 g/mol. The van der Waals surface area contributed by atoms with E-state index < -0.39 is 17.5 Å². The molecule has 1 unspecified atom stereocenters. The third-order valence-corrected chi connectivity index (χ3v) is 3.83. The van der Waals surface area contributed by atoms with Crippen LogP contribution >= 0.6 is 11.8 Å². The predicted molar refractivity (Wildman–Crippen MR) is 75.1 cm³/mol. The van der Waals surface area contributed by atoms with Gasteiger partial charge in [0.05, 0.1) is 12.3 Å². The number of carbonyl (C=O) groups excluding carboxylic acids is 1. The number of hydrogen-bond donors (Lipinski definition) is 1. The molecule has 116 valence electrons. The van der Waals surface area contributed by atoms with Crippen molar-refractivity contribution in [2.75, 3.05) is 11.9 Å². The number of halogens is 3. The van der Waals surface area contributed by atoms with Crippen LogP contribution in [0.15, 0.2) is 29.2 Å². The van der Waals surface area contributed by atoms with Gasteiger partial charge in [0.25, 0.3) is 5.91 Å². The SMILES string of the molecule is CC(OCC1CC1)C(=O)Nc1ccccc1SC(F)(F)F. The molecule has 1 aliphatic carbocycles. The van der Waals surface area contributed by atoms with E-state index in [4.69, 9.17) is 4.74 Å². The first-order chi connectivity index (χ1) is 9.85. The number of benzene rings is 1. The van der Waals surface area contributed by atoms with E-state index in [2.05, 4.69) is 5.32 Å². The Morgan fingerprint density at radius 2 is 2.10 bits per heavy atom. The Kier molecular flexibility index (Phi) is 5.16. The largest absolute Gasteiger partial charge is 0.446 e. The molecule has 0 bridgehead atoms. The molecule has 0 heterocycles. The van der Waals surface area contributed by atoms with Crippen molar-refractivity contribution >= 4 is 23.4 Å². The van der Waals surface area contributed by atoms with E-state index in [0.717, 1.165) is 12.8 Å². The van der Waals surface area contributed by atoms with Crippen molar-refractivity contribution in [2.45, 2.75) is 36.3 Å². The van der Waals surface area contributed by atoms with Gasteiger partial charge in [0, 0.05) is 4.90 Å². The van der Waals surface area contributed by atoms with E-state index in [1.54, 1.807) is 13.0 Å². The minimum atomic E-state index is -4.39. The van der Waals surface area contributed by atoms with Crippen LogP contribution in [0.1, 0.15) is 19.8 Å². The highest BCUT2D eigenvalue weighted by atomic mass is 32.2. The molecule has 3 nitrogen and oxygen atoms in total. The molecule has 1 saturated carbocycles. The zero-order valence-corrected chi connectivity index (χ0v) is 12.3. The maximum Gasteiger partial charge on any atom is 0.446 e. The highest BCUT2D eigenvalue weighted by Crippen LogP contribution is 2.40. The topological polar surface area (TPSA) is 38.3 Å². The van der Waals surface area contributed by atoms with Gasteiger partial charge in [-0.1, -0.05) is 12.1 Å². The second-order valence-corrected chi connectivity index (χ2v) is 6.06. The first kappa shape index (κ1) is 16.2. The van der Waals surface area contributed by atoms with Gasteiger partial charge in [-0.3, -0.25) is 4.79 Å². The molecule has 0 aromatic heterocycles. The van der Waals surface area contributed by atoms with Crippen molar-refractivity contribution in [3.05, 3.63) is 24.3 Å². The van der Waals surface area contributed by atoms with E-state index in [-0.39, 0.29) is 22.3 Å². The molecular weight excluding hydrogens is 303 g/mol.